The predicted octanol–water partition coefficient (Wildman–Crippen LogP) is 1.40. The van der Waals surface area contributed by atoms with E-state index in [1.165, 1.54) is 26.2 Å². The van der Waals surface area contributed by atoms with Crippen molar-refractivity contribution in [3.63, 3.8) is 0 Å². The van der Waals surface area contributed by atoms with E-state index in [-0.39, 0.29) is 12.5 Å². The Morgan fingerprint density at radius 1 is 0.933 bits per heavy atom. The van der Waals surface area contributed by atoms with Gasteiger partial charge in [0.15, 0.2) is 5.54 Å². The average molecular weight is 411 g/mol. The molecule has 2 N–H and O–H groups in total. The molecule has 2 aliphatic rings. The van der Waals surface area contributed by atoms with Crippen LogP contribution in [0.2, 0.25) is 0 Å². The molecule has 4 rings (SSSR count). The van der Waals surface area contributed by atoms with Crippen molar-refractivity contribution in [2.24, 2.45) is 0 Å². The maximum absolute atomic E-state index is 13.0. The van der Waals surface area contributed by atoms with Gasteiger partial charge in [-0.1, -0.05) is 6.07 Å². The van der Waals surface area contributed by atoms with Crippen molar-refractivity contribution in [3.8, 4) is 17.2 Å². The van der Waals surface area contributed by atoms with Gasteiger partial charge in [0.05, 0.1) is 27.9 Å². The molecule has 0 aliphatic carbocycles. The quantitative estimate of drug-likeness (QED) is 0.696. The van der Waals surface area contributed by atoms with Crippen molar-refractivity contribution in [2.75, 3.05) is 27.9 Å². The maximum Gasteiger partial charge on any atom is 0.322 e. The summed E-state index contributed by atoms with van der Waals surface area (Å²) in [6.07, 6.45) is 0. The van der Waals surface area contributed by atoms with E-state index in [4.69, 9.17) is 14.2 Å². The van der Waals surface area contributed by atoms with Crippen LogP contribution in [0.5, 0.6) is 17.2 Å². The Hall–Kier alpha value is -3.75. The summed E-state index contributed by atoms with van der Waals surface area (Å²) >= 11 is 0. The van der Waals surface area contributed by atoms with Crippen molar-refractivity contribution in [3.05, 3.63) is 53.1 Å². The smallest absolute Gasteiger partial charge is 0.322 e. The molecular formula is C21H21N3O6. The third kappa shape index (κ3) is 3.08. The second-order valence-corrected chi connectivity index (χ2v) is 7.10. The minimum Gasteiger partial charge on any atom is -0.497 e. The van der Waals surface area contributed by atoms with Crippen LogP contribution in [0.25, 0.3) is 0 Å². The van der Waals surface area contributed by atoms with E-state index in [1.54, 1.807) is 30.3 Å². The molecule has 1 saturated heterocycles. The zero-order chi connectivity index (χ0) is 21.5. The largest absolute Gasteiger partial charge is 0.497 e. The summed E-state index contributed by atoms with van der Waals surface area (Å²) in [4.78, 5) is 39.6. The molecule has 9 heteroatoms. The summed E-state index contributed by atoms with van der Waals surface area (Å²) in [6.45, 7) is 0.251. The lowest BCUT2D eigenvalue weighted by Crippen LogP contribution is -2.52. The molecule has 1 unspecified atom stereocenters. The van der Waals surface area contributed by atoms with Crippen molar-refractivity contribution >= 4 is 17.8 Å². The molecule has 2 aromatic rings. The third-order valence-corrected chi connectivity index (χ3v) is 5.41. The number of nitrogens with one attached hydrogen (secondary N) is 2. The molecule has 0 bridgehead atoms. The lowest BCUT2D eigenvalue weighted by molar-refractivity contribution is -0.124. The van der Waals surface area contributed by atoms with Gasteiger partial charge < -0.3 is 24.4 Å². The summed E-state index contributed by atoms with van der Waals surface area (Å²) in [7, 11) is 4.52. The van der Waals surface area contributed by atoms with Gasteiger partial charge in [-0.05, 0) is 35.4 Å². The van der Waals surface area contributed by atoms with E-state index in [2.05, 4.69) is 10.6 Å². The average Bonchev–Trinajstić information content (AvgIpc) is 3.22. The van der Waals surface area contributed by atoms with Crippen molar-refractivity contribution in [1.82, 2.24) is 15.5 Å². The number of amides is 4. The number of methoxy groups -OCH3 is 3. The van der Waals surface area contributed by atoms with Crippen LogP contribution in [0.4, 0.5) is 4.79 Å². The second kappa shape index (κ2) is 7.25. The molecule has 2 heterocycles. The first kappa shape index (κ1) is 19.6. The van der Waals surface area contributed by atoms with Gasteiger partial charge >= 0.3 is 6.03 Å². The normalized spacial score (nSPS) is 20.0. The number of carbonyl (C=O) groups is 3. The fourth-order valence-electron chi connectivity index (χ4n) is 3.83. The van der Waals surface area contributed by atoms with Gasteiger partial charge in [0.1, 0.15) is 17.2 Å². The van der Waals surface area contributed by atoms with E-state index in [0.717, 1.165) is 5.56 Å². The highest BCUT2D eigenvalue weighted by Gasteiger charge is 2.51. The van der Waals surface area contributed by atoms with Crippen LogP contribution in [0.1, 0.15) is 21.5 Å². The number of fused-ring (bicyclic) bond motifs is 1. The van der Waals surface area contributed by atoms with Gasteiger partial charge in [0.25, 0.3) is 11.8 Å². The number of carbonyl (C=O) groups excluding carboxylic acids is 3. The minimum atomic E-state index is -1.49. The SMILES string of the molecule is COc1cc(OC)cc(C2(CN3Cc4ccc(OC)cc4C3=O)NC(=O)NC2=O)c1. The molecule has 0 saturated carbocycles. The van der Waals surface area contributed by atoms with Crippen molar-refractivity contribution in [1.29, 1.82) is 0 Å². The topological polar surface area (TPSA) is 106 Å². The number of benzene rings is 2. The molecule has 0 aromatic heterocycles. The van der Waals surface area contributed by atoms with Crippen LogP contribution in [-0.4, -0.2) is 50.6 Å². The van der Waals surface area contributed by atoms with E-state index in [9.17, 15) is 14.4 Å². The number of imide groups is 1. The van der Waals surface area contributed by atoms with Crippen molar-refractivity contribution in [2.45, 2.75) is 12.1 Å². The summed E-state index contributed by atoms with van der Waals surface area (Å²) in [5.41, 5.74) is 0.297. The highest BCUT2D eigenvalue weighted by molar-refractivity contribution is 6.08. The Morgan fingerprint density at radius 3 is 2.17 bits per heavy atom. The number of rotatable bonds is 6. The Balaban J connectivity index is 1.74. The maximum atomic E-state index is 13.0. The molecule has 1 fully saturated rings. The third-order valence-electron chi connectivity index (χ3n) is 5.41. The number of nitrogens with zero attached hydrogens (tertiary/aromatic N) is 1. The molecule has 1 atom stereocenters. The lowest BCUT2D eigenvalue weighted by atomic mass is 9.88. The van der Waals surface area contributed by atoms with E-state index < -0.39 is 17.5 Å². The molecule has 9 nitrogen and oxygen atoms in total. The number of ether oxygens (including phenoxy) is 3. The zero-order valence-electron chi connectivity index (χ0n) is 16.8. The molecule has 0 spiro atoms. The second-order valence-electron chi connectivity index (χ2n) is 7.10. The molecule has 4 amide bonds. The Kier molecular flexibility index (Phi) is 4.73. The minimum absolute atomic E-state index is 0.0588. The highest BCUT2D eigenvalue weighted by atomic mass is 16.5. The summed E-state index contributed by atoms with van der Waals surface area (Å²) in [5, 5.41) is 4.98. The fourth-order valence-corrected chi connectivity index (χ4v) is 3.83. The molecule has 156 valence electrons. The Bertz CT molecular complexity index is 1030. The van der Waals surface area contributed by atoms with Gasteiger partial charge in [-0.2, -0.15) is 0 Å². The molecular weight excluding hydrogens is 390 g/mol. The Morgan fingerprint density at radius 2 is 1.60 bits per heavy atom. The summed E-state index contributed by atoms with van der Waals surface area (Å²) < 4.78 is 15.8. The molecule has 30 heavy (non-hydrogen) atoms. The van der Waals surface area contributed by atoms with Gasteiger partial charge in [0.2, 0.25) is 0 Å². The lowest BCUT2D eigenvalue weighted by Gasteiger charge is -2.31. The fraction of sp³-hybridized carbons (Fsp3) is 0.286. The van der Waals surface area contributed by atoms with Crippen LogP contribution in [0.15, 0.2) is 36.4 Å². The molecule has 0 radical (unpaired) electrons. The highest BCUT2D eigenvalue weighted by Crippen LogP contribution is 2.35. The molecule has 2 aliphatic heterocycles. The van der Waals surface area contributed by atoms with Crippen LogP contribution < -0.4 is 24.8 Å². The first-order valence-corrected chi connectivity index (χ1v) is 9.23. The Labute approximate surface area is 172 Å². The molecule has 2 aromatic carbocycles. The van der Waals surface area contributed by atoms with Gasteiger partial charge in [-0.15, -0.1) is 0 Å². The van der Waals surface area contributed by atoms with Gasteiger partial charge in [-0.3, -0.25) is 14.9 Å². The van der Waals surface area contributed by atoms with Gasteiger partial charge in [0, 0.05) is 18.2 Å². The van der Waals surface area contributed by atoms with Crippen LogP contribution in [0.3, 0.4) is 0 Å². The standard InChI is InChI=1S/C21H21N3O6/c1-28-14-5-4-12-10-24(18(25)17(12)9-14)11-21(19(26)22-20(27)23-21)13-6-15(29-2)8-16(7-13)30-3/h4-9H,10-11H2,1-3H3,(H2,22,23,26,27). The van der Waals surface area contributed by atoms with Crippen molar-refractivity contribution < 1.29 is 28.6 Å². The van der Waals surface area contributed by atoms with E-state index in [1.807, 2.05) is 6.07 Å². The first-order chi connectivity index (χ1) is 14.4. The van der Waals surface area contributed by atoms with Crippen LogP contribution in [0, 0.1) is 0 Å². The summed E-state index contributed by atoms with van der Waals surface area (Å²) in [6, 6.07) is 9.59. The summed E-state index contributed by atoms with van der Waals surface area (Å²) in [5.74, 6) is 0.691. The zero-order valence-corrected chi connectivity index (χ0v) is 16.8. The number of hydrogen-bond acceptors (Lipinski definition) is 6. The predicted molar refractivity (Wildman–Crippen MR) is 106 cm³/mol. The van der Waals surface area contributed by atoms with Crippen LogP contribution in [-0.2, 0) is 16.9 Å². The van der Waals surface area contributed by atoms with E-state index in [0.29, 0.717) is 34.9 Å². The van der Waals surface area contributed by atoms with Crippen LogP contribution >= 0.6 is 0 Å². The number of hydrogen-bond donors (Lipinski definition) is 2. The monoisotopic (exact) mass is 411 g/mol. The number of urea groups is 1. The van der Waals surface area contributed by atoms with Gasteiger partial charge in [-0.25, -0.2) is 4.79 Å². The van der Waals surface area contributed by atoms with E-state index >= 15 is 0 Å². The first-order valence-electron chi connectivity index (χ1n) is 9.23.